The predicted molar refractivity (Wildman–Crippen MR) is 77.6 cm³/mol. The first-order chi connectivity index (χ1) is 9.93. The monoisotopic (exact) mass is 296 g/mol. The van der Waals surface area contributed by atoms with Gasteiger partial charge in [0, 0.05) is 31.1 Å². The summed E-state index contributed by atoms with van der Waals surface area (Å²) in [5.41, 5.74) is 0.319. The van der Waals surface area contributed by atoms with E-state index in [4.69, 9.17) is 5.11 Å². The van der Waals surface area contributed by atoms with Gasteiger partial charge < -0.3 is 15.7 Å². The molecule has 0 fully saturated rings. The van der Waals surface area contributed by atoms with Gasteiger partial charge in [0.05, 0.1) is 5.56 Å². The largest absolute Gasteiger partial charge is 0.478 e. The number of carboxylic acid groups (broad SMARTS) is 1. The van der Waals surface area contributed by atoms with Crippen LogP contribution in [0.4, 0.5) is 4.39 Å². The van der Waals surface area contributed by atoms with E-state index >= 15 is 0 Å². The van der Waals surface area contributed by atoms with Gasteiger partial charge >= 0.3 is 5.97 Å². The van der Waals surface area contributed by atoms with Gasteiger partial charge in [-0.1, -0.05) is 6.92 Å². The number of benzene rings is 1. The number of carbonyl (C=O) groups excluding carboxylic acids is 1. The van der Waals surface area contributed by atoms with Crippen molar-refractivity contribution in [3.63, 3.8) is 0 Å². The quantitative estimate of drug-likeness (QED) is 0.640. The molecule has 0 aliphatic carbocycles. The fourth-order valence-electron chi connectivity index (χ4n) is 1.72. The number of carboxylic acids is 1. The van der Waals surface area contributed by atoms with Crippen LogP contribution < -0.4 is 10.6 Å². The first kappa shape index (κ1) is 17.1. The molecule has 3 N–H and O–H groups in total. The predicted octanol–water partition coefficient (Wildman–Crippen LogP) is 1.92. The third kappa shape index (κ3) is 5.91. The number of hydrogen-bond donors (Lipinski definition) is 3. The normalized spacial score (nSPS) is 12.0. The molecule has 0 aliphatic rings. The highest BCUT2D eigenvalue weighted by Crippen LogP contribution is 2.10. The minimum absolute atomic E-state index is 0.0442. The van der Waals surface area contributed by atoms with E-state index in [0.29, 0.717) is 13.0 Å². The first-order valence-corrected chi connectivity index (χ1v) is 6.95. The van der Waals surface area contributed by atoms with E-state index in [-0.39, 0.29) is 29.6 Å². The Labute approximate surface area is 123 Å². The summed E-state index contributed by atoms with van der Waals surface area (Å²) in [6.45, 7) is 4.50. The summed E-state index contributed by atoms with van der Waals surface area (Å²) in [7, 11) is 0. The van der Waals surface area contributed by atoms with E-state index in [1.165, 1.54) is 12.1 Å². The highest BCUT2D eigenvalue weighted by atomic mass is 19.1. The highest BCUT2D eigenvalue weighted by Gasteiger charge is 2.09. The molecule has 0 saturated heterocycles. The van der Waals surface area contributed by atoms with Crippen molar-refractivity contribution >= 4 is 11.9 Å². The third-order valence-electron chi connectivity index (χ3n) is 3.16. The average Bonchev–Trinajstić information content (AvgIpc) is 2.44. The summed E-state index contributed by atoms with van der Waals surface area (Å²) >= 11 is 0. The smallest absolute Gasteiger partial charge is 0.335 e. The Kier molecular flexibility index (Phi) is 6.81. The molecular weight excluding hydrogens is 275 g/mol. The molecule has 0 spiro atoms. The van der Waals surface area contributed by atoms with Crippen LogP contribution in [0.1, 0.15) is 42.6 Å². The topological polar surface area (TPSA) is 78.4 Å². The Bertz CT molecular complexity index is 506. The lowest BCUT2D eigenvalue weighted by Gasteiger charge is -2.11. The molecule has 1 atom stereocenters. The Morgan fingerprint density at radius 2 is 2.10 bits per heavy atom. The van der Waals surface area contributed by atoms with Gasteiger partial charge in [-0.2, -0.15) is 0 Å². The van der Waals surface area contributed by atoms with Gasteiger partial charge in [-0.3, -0.25) is 4.79 Å². The summed E-state index contributed by atoms with van der Waals surface area (Å²) in [6, 6.07) is 3.79. The molecule has 1 unspecified atom stereocenters. The van der Waals surface area contributed by atoms with Crippen molar-refractivity contribution in [1.29, 1.82) is 0 Å². The summed E-state index contributed by atoms with van der Waals surface area (Å²) in [5, 5.41) is 14.6. The maximum atomic E-state index is 13.5. The molecule has 1 rings (SSSR count). The van der Waals surface area contributed by atoms with E-state index in [0.717, 1.165) is 12.5 Å². The second-order valence-corrected chi connectivity index (χ2v) is 4.91. The van der Waals surface area contributed by atoms with E-state index in [1.54, 1.807) is 0 Å². The molecule has 1 aromatic carbocycles. The number of amides is 1. The minimum Gasteiger partial charge on any atom is -0.478 e. The first-order valence-electron chi connectivity index (χ1n) is 6.95. The fourth-order valence-corrected chi connectivity index (χ4v) is 1.72. The molecule has 0 aliphatic heterocycles. The molecule has 116 valence electrons. The molecule has 0 saturated carbocycles. The van der Waals surface area contributed by atoms with Crippen LogP contribution in [0.25, 0.3) is 0 Å². The van der Waals surface area contributed by atoms with E-state index in [2.05, 4.69) is 10.6 Å². The fraction of sp³-hybridized carbons (Fsp3) is 0.467. The number of nitrogens with one attached hydrogen (secondary N) is 2. The van der Waals surface area contributed by atoms with Crippen molar-refractivity contribution in [2.45, 2.75) is 39.3 Å². The Hall–Kier alpha value is -1.95. The van der Waals surface area contributed by atoms with Gasteiger partial charge in [0.1, 0.15) is 5.82 Å². The van der Waals surface area contributed by atoms with Gasteiger partial charge in [-0.25, -0.2) is 9.18 Å². The maximum absolute atomic E-state index is 13.5. The van der Waals surface area contributed by atoms with Crippen LogP contribution in [0.5, 0.6) is 0 Å². The van der Waals surface area contributed by atoms with E-state index < -0.39 is 11.8 Å². The van der Waals surface area contributed by atoms with Gasteiger partial charge in [0.15, 0.2) is 0 Å². The summed E-state index contributed by atoms with van der Waals surface area (Å²) in [5.74, 6) is -1.61. The van der Waals surface area contributed by atoms with Crippen LogP contribution in [0, 0.1) is 5.82 Å². The molecule has 1 aromatic rings. The van der Waals surface area contributed by atoms with Gasteiger partial charge in [0.2, 0.25) is 5.91 Å². The zero-order valence-electron chi connectivity index (χ0n) is 12.3. The van der Waals surface area contributed by atoms with Crippen molar-refractivity contribution in [1.82, 2.24) is 10.6 Å². The van der Waals surface area contributed by atoms with Crippen molar-refractivity contribution in [2.75, 3.05) is 6.54 Å². The molecule has 0 heterocycles. The molecular formula is C15H21FN2O3. The summed E-state index contributed by atoms with van der Waals surface area (Å²) in [4.78, 5) is 22.4. The van der Waals surface area contributed by atoms with E-state index in [9.17, 15) is 14.0 Å². The van der Waals surface area contributed by atoms with Crippen molar-refractivity contribution in [3.05, 3.63) is 35.1 Å². The number of halogens is 1. The Morgan fingerprint density at radius 1 is 1.38 bits per heavy atom. The van der Waals surface area contributed by atoms with Crippen LogP contribution in [0.15, 0.2) is 18.2 Å². The van der Waals surface area contributed by atoms with E-state index in [1.807, 2.05) is 13.8 Å². The second kappa shape index (κ2) is 8.36. The average molecular weight is 296 g/mol. The SMILES string of the molecule is CCC(C)NC(=O)CCNCc1cc(C(=O)O)ccc1F. The molecule has 0 bridgehead atoms. The summed E-state index contributed by atoms with van der Waals surface area (Å²) < 4.78 is 13.5. The summed E-state index contributed by atoms with van der Waals surface area (Å²) in [6.07, 6.45) is 1.16. The zero-order chi connectivity index (χ0) is 15.8. The number of hydrogen-bond acceptors (Lipinski definition) is 3. The molecule has 21 heavy (non-hydrogen) atoms. The lowest BCUT2D eigenvalue weighted by Crippen LogP contribution is -2.33. The number of carbonyl (C=O) groups is 2. The van der Waals surface area contributed by atoms with Crippen LogP contribution in [-0.2, 0) is 11.3 Å². The van der Waals surface area contributed by atoms with Crippen LogP contribution in [-0.4, -0.2) is 29.6 Å². The molecule has 5 nitrogen and oxygen atoms in total. The minimum atomic E-state index is -1.09. The van der Waals surface area contributed by atoms with Gasteiger partial charge in [-0.05, 0) is 31.5 Å². The lowest BCUT2D eigenvalue weighted by molar-refractivity contribution is -0.121. The zero-order valence-corrected chi connectivity index (χ0v) is 12.3. The third-order valence-corrected chi connectivity index (χ3v) is 3.16. The van der Waals surface area contributed by atoms with Crippen molar-refractivity contribution in [2.24, 2.45) is 0 Å². The number of aromatic carboxylic acids is 1. The van der Waals surface area contributed by atoms with Crippen LogP contribution in [0.2, 0.25) is 0 Å². The molecule has 1 amide bonds. The van der Waals surface area contributed by atoms with Gasteiger partial charge in [0.25, 0.3) is 0 Å². The highest BCUT2D eigenvalue weighted by molar-refractivity contribution is 5.87. The Morgan fingerprint density at radius 3 is 2.71 bits per heavy atom. The van der Waals surface area contributed by atoms with Crippen molar-refractivity contribution in [3.8, 4) is 0 Å². The maximum Gasteiger partial charge on any atom is 0.335 e. The van der Waals surface area contributed by atoms with Crippen molar-refractivity contribution < 1.29 is 19.1 Å². The standard InChI is InChI=1S/C15H21FN2O3/c1-3-10(2)18-14(19)6-7-17-9-12-8-11(15(20)21)4-5-13(12)16/h4-5,8,10,17H,3,6-7,9H2,1-2H3,(H,18,19)(H,20,21). The Balaban J connectivity index is 2.40. The molecule has 0 radical (unpaired) electrons. The molecule has 0 aromatic heterocycles. The number of rotatable bonds is 8. The van der Waals surface area contributed by atoms with Crippen LogP contribution >= 0.6 is 0 Å². The lowest BCUT2D eigenvalue weighted by atomic mass is 10.1. The van der Waals surface area contributed by atoms with Crippen LogP contribution in [0.3, 0.4) is 0 Å². The van der Waals surface area contributed by atoms with Gasteiger partial charge in [-0.15, -0.1) is 0 Å². The molecule has 6 heteroatoms. The second-order valence-electron chi connectivity index (χ2n) is 4.91.